The van der Waals surface area contributed by atoms with Gasteiger partial charge in [0.05, 0.1) is 18.6 Å². The molecule has 0 bridgehead atoms. The van der Waals surface area contributed by atoms with Crippen molar-refractivity contribution < 1.29 is 9.53 Å². The highest BCUT2D eigenvalue weighted by Gasteiger charge is 2.44. The molecule has 0 spiro atoms. The van der Waals surface area contributed by atoms with Gasteiger partial charge in [0.2, 0.25) is 0 Å². The second-order valence-electron chi connectivity index (χ2n) is 4.92. The summed E-state index contributed by atoms with van der Waals surface area (Å²) >= 11 is 0. The number of hydrogen-bond donors (Lipinski definition) is 1. The second-order valence-corrected chi connectivity index (χ2v) is 4.92. The van der Waals surface area contributed by atoms with E-state index in [-0.39, 0.29) is 11.8 Å². The molecule has 2 rings (SSSR count). The zero-order chi connectivity index (χ0) is 12.5. The summed E-state index contributed by atoms with van der Waals surface area (Å²) in [5, 5.41) is 0. The molecule has 1 aromatic rings. The predicted octanol–water partition coefficient (Wildman–Crippen LogP) is 1.80. The molecule has 3 nitrogen and oxygen atoms in total. The van der Waals surface area contributed by atoms with Crippen molar-refractivity contribution in [1.29, 1.82) is 0 Å². The highest BCUT2D eigenvalue weighted by Crippen LogP contribution is 2.31. The first-order chi connectivity index (χ1) is 8.08. The molecule has 1 heterocycles. The van der Waals surface area contributed by atoms with E-state index in [2.05, 4.69) is 6.92 Å². The summed E-state index contributed by atoms with van der Waals surface area (Å²) in [7, 11) is 0. The molecule has 92 valence electrons. The summed E-state index contributed by atoms with van der Waals surface area (Å²) in [6.45, 7) is 4.87. The number of benzene rings is 1. The Kier molecular flexibility index (Phi) is 3.31. The van der Waals surface area contributed by atoms with Gasteiger partial charge >= 0.3 is 0 Å². The van der Waals surface area contributed by atoms with Gasteiger partial charge in [0.15, 0.2) is 5.78 Å². The second kappa shape index (κ2) is 4.59. The lowest BCUT2D eigenvalue weighted by Gasteiger charge is -2.25. The van der Waals surface area contributed by atoms with Crippen molar-refractivity contribution in [3.05, 3.63) is 35.4 Å². The predicted molar refractivity (Wildman–Crippen MR) is 67.1 cm³/mol. The van der Waals surface area contributed by atoms with Crippen molar-refractivity contribution in [2.75, 3.05) is 13.2 Å². The maximum Gasteiger partial charge on any atom is 0.172 e. The van der Waals surface area contributed by atoms with Crippen molar-refractivity contribution in [3.63, 3.8) is 0 Å². The van der Waals surface area contributed by atoms with Crippen LogP contribution in [-0.2, 0) is 11.2 Å². The minimum absolute atomic E-state index is 0.0881. The van der Waals surface area contributed by atoms with Crippen LogP contribution in [0.1, 0.15) is 29.8 Å². The van der Waals surface area contributed by atoms with Crippen LogP contribution in [0.25, 0.3) is 0 Å². The molecule has 1 saturated heterocycles. The fourth-order valence-corrected chi connectivity index (χ4v) is 2.14. The number of nitrogens with two attached hydrogens (primary N) is 1. The fraction of sp³-hybridized carbons (Fsp3) is 0.500. The molecule has 1 aliphatic heterocycles. The van der Waals surface area contributed by atoms with Gasteiger partial charge < -0.3 is 10.5 Å². The molecule has 0 aromatic heterocycles. The van der Waals surface area contributed by atoms with E-state index in [1.807, 2.05) is 31.2 Å². The van der Waals surface area contributed by atoms with Crippen LogP contribution in [0, 0.1) is 5.41 Å². The van der Waals surface area contributed by atoms with Crippen molar-refractivity contribution in [2.45, 2.75) is 26.3 Å². The van der Waals surface area contributed by atoms with E-state index in [1.54, 1.807) is 0 Å². The molecule has 3 heteroatoms. The normalized spacial score (nSPS) is 28.3. The minimum atomic E-state index is -0.576. The lowest BCUT2D eigenvalue weighted by atomic mass is 9.78. The highest BCUT2D eigenvalue weighted by molar-refractivity contribution is 6.01. The van der Waals surface area contributed by atoms with Crippen LogP contribution in [0.15, 0.2) is 24.3 Å². The molecule has 0 amide bonds. The summed E-state index contributed by atoms with van der Waals surface area (Å²) in [5.41, 5.74) is 7.35. The minimum Gasteiger partial charge on any atom is -0.379 e. The quantitative estimate of drug-likeness (QED) is 0.810. The van der Waals surface area contributed by atoms with Gasteiger partial charge in [-0.25, -0.2) is 0 Å². The Morgan fingerprint density at radius 1 is 1.47 bits per heavy atom. The maximum absolute atomic E-state index is 12.4. The first kappa shape index (κ1) is 12.3. The van der Waals surface area contributed by atoms with Crippen molar-refractivity contribution >= 4 is 5.78 Å². The summed E-state index contributed by atoms with van der Waals surface area (Å²) in [6, 6.07) is 7.56. The third-order valence-corrected chi connectivity index (χ3v) is 3.66. The monoisotopic (exact) mass is 233 g/mol. The first-order valence-corrected chi connectivity index (χ1v) is 6.05. The van der Waals surface area contributed by atoms with Crippen LogP contribution in [0.2, 0.25) is 0 Å². The molecule has 1 aromatic carbocycles. The SMILES string of the molecule is CCc1ccc(C(=O)C2(C)COCC2N)cc1. The molecule has 17 heavy (non-hydrogen) atoms. The van der Waals surface area contributed by atoms with Gasteiger partial charge in [0.1, 0.15) is 0 Å². The van der Waals surface area contributed by atoms with Gasteiger partial charge in [-0.2, -0.15) is 0 Å². The van der Waals surface area contributed by atoms with E-state index >= 15 is 0 Å². The lowest BCUT2D eigenvalue weighted by molar-refractivity contribution is 0.0768. The van der Waals surface area contributed by atoms with Crippen LogP contribution >= 0.6 is 0 Å². The molecule has 1 fully saturated rings. The summed E-state index contributed by atoms with van der Waals surface area (Å²) in [5.74, 6) is 0.0881. The van der Waals surface area contributed by atoms with Crippen molar-refractivity contribution in [3.8, 4) is 0 Å². The van der Waals surface area contributed by atoms with Gasteiger partial charge in [0, 0.05) is 11.6 Å². The van der Waals surface area contributed by atoms with E-state index in [1.165, 1.54) is 5.56 Å². The van der Waals surface area contributed by atoms with Crippen LogP contribution in [-0.4, -0.2) is 25.0 Å². The number of rotatable bonds is 3. The van der Waals surface area contributed by atoms with Crippen LogP contribution in [0.4, 0.5) is 0 Å². The van der Waals surface area contributed by atoms with E-state index in [0.717, 1.165) is 12.0 Å². The molecule has 2 atom stereocenters. The van der Waals surface area contributed by atoms with E-state index in [4.69, 9.17) is 10.5 Å². The number of ether oxygens (including phenoxy) is 1. The third-order valence-electron chi connectivity index (χ3n) is 3.66. The summed E-state index contributed by atoms with van der Waals surface area (Å²) in [6.07, 6.45) is 0.981. The van der Waals surface area contributed by atoms with Gasteiger partial charge in [-0.15, -0.1) is 0 Å². The first-order valence-electron chi connectivity index (χ1n) is 6.05. The van der Waals surface area contributed by atoms with Crippen molar-refractivity contribution in [2.24, 2.45) is 11.1 Å². The van der Waals surface area contributed by atoms with Gasteiger partial charge in [-0.1, -0.05) is 31.2 Å². The molecule has 2 N–H and O–H groups in total. The van der Waals surface area contributed by atoms with Gasteiger partial charge in [-0.3, -0.25) is 4.79 Å². The van der Waals surface area contributed by atoms with Crippen molar-refractivity contribution in [1.82, 2.24) is 0 Å². The molecule has 1 aliphatic rings. The average molecular weight is 233 g/mol. The molecular formula is C14H19NO2. The molecule has 0 radical (unpaired) electrons. The smallest absolute Gasteiger partial charge is 0.172 e. The maximum atomic E-state index is 12.4. The van der Waals surface area contributed by atoms with Crippen LogP contribution < -0.4 is 5.73 Å². The number of Topliss-reactive ketones (excluding diaryl/α,β-unsaturated/α-hetero) is 1. The zero-order valence-corrected chi connectivity index (χ0v) is 10.4. The third kappa shape index (κ3) is 2.13. The molecule has 0 aliphatic carbocycles. The Morgan fingerprint density at radius 3 is 2.59 bits per heavy atom. The number of carbonyl (C=O) groups excluding carboxylic acids is 1. The number of carbonyl (C=O) groups is 1. The molecular weight excluding hydrogens is 214 g/mol. The lowest BCUT2D eigenvalue weighted by Crippen LogP contribution is -2.44. The number of aryl methyl sites for hydroxylation is 1. The highest BCUT2D eigenvalue weighted by atomic mass is 16.5. The number of hydrogen-bond acceptors (Lipinski definition) is 3. The van der Waals surface area contributed by atoms with E-state index in [9.17, 15) is 4.79 Å². The molecule has 2 unspecified atom stereocenters. The Bertz CT molecular complexity index is 413. The number of ketones is 1. The topological polar surface area (TPSA) is 52.3 Å². The Balaban J connectivity index is 2.24. The standard InChI is InChI=1S/C14H19NO2/c1-3-10-4-6-11(7-5-10)13(16)14(2)9-17-8-12(14)15/h4-7,12H,3,8-9,15H2,1-2H3. The van der Waals surface area contributed by atoms with E-state index < -0.39 is 5.41 Å². The molecule has 0 saturated carbocycles. The Labute approximate surface area is 102 Å². The summed E-state index contributed by atoms with van der Waals surface area (Å²) in [4.78, 5) is 12.4. The Morgan fingerprint density at radius 2 is 2.12 bits per heavy atom. The zero-order valence-electron chi connectivity index (χ0n) is 10.4. The van der Waals surface area contributed by atoms with E-state index in [0.29, 0.717) is 13.2 Å². The Hall–Kier alpha value is -1.19. The average Bonchev–Trinajstić information content (AvgIpc) is 2.70. The van der Waals surface area contributed by atoms with Gasteiger partial charge in [-0.05, 0) is 18.9 Å². The fourth-order valence-electron chi connectivity index (χ4n) is 2.14. The van der Waals surface area contributed by atoms with Crippen LogP contribution in [0.5, 0.6) is 0 Å². The largest absolute Gasteiger partial charge is 0.379 e. The summed E-state index contributed by atoms with van der Waals surface area (Å²) < 4.78 is 5.31. The van der Waals surface area contributed by atoms with Gasteiger partial charge in [0.25, 0.3) is 0 Å². The van der Waals surface area contributed by atoms with Crippen LogP contribution in [0.3, 0.4) is 0 Å².